The number of nitrogens with zero attached hydrogens (tertiary/aromatic N) is 4. The molecule has 0 bridgehead atoms. The first-order valence-corrected chi connectivity index (χ1v) is 12.4. The largest absolute Gasteiger partial charge is 0.292 e. The third-order valence-corrected chi connectivity index (χ3v) is 6.76. The number of benzene rings is 3. The summed E-state index contributed by atoms with van der Waals surface area (Å²) < 4.78 is 15.4. The Balaban J connectivity index is 1.27. The summed E-state index contributed by atoms with van der Waals surface area (Å²) >= 11 is 0. The molecule has 0 N–H and O–H groups in total. The zero-order valence-electron chi connectivity index (χ0n) is 20.3. The Hall–Kier alpha value is -5.16. The van der Waals surface area contributed by atoms with Gasteiger partial charge in [0.05, 0.1) is 33.6 Å². The lowest BCUT2D eigenvalue weighted by Gasteiger charge is -2.10. The van der Waals surface area contributed by atoms with Gasteiger partial charge in [-0.15, -0.1) is 0 Å². The number of halogens is 1. The van der Waals surface area contributed by atoms with Gasteiger partial charge in [-0.3, -0.25) is 9.55 Å². The first-order valence-electron chi connectivity index (χ1n) is 12.4. The minimum absolute atomic E-state index is 0.237. The molecule has 0 saturated carbocycles. The molecule has 4 aromatic heterocycles. The van der Waals surface area contributed by atoms with Crippen LogP contribution in [0.1, 0.15) is 0 Å². The van der Waals surface area contributed by atoms with Crippen molar-refractivity contribution in [3.05, 3.63) is 133 Å². The van der Waals surface area contributed by atoms with Gasteiger partial charge in [0.1, 0.15) is 11.6 Å². The molecule has 38 heavy (non-hydrogen) atoms. The van der Waals surface area contributed by atoms with Gasteiger partial charge in [0, 0.05) is 17.1 Å². The summed E-state index contributed by atoms with van der Waals surface area (Å²) in [6.07, 6.45) is 1.82. The molecule has 0 radical (unpaired) electrons. The molecule has 0 unspecified atom stereocenters. The van der Waals surface area contributed by atoms with E-state index in [1.165, 1.54) is 12.1 Å². The Morgan fingerprint density at radius 1 is 0.500 bits per heavy atom. The highest BCUT2D eigenvalue weighted by atomic mass is 19.1. The first-order chi connectivity index (χ1) is 18.7. The fourth-order valence-corrected chi connectivity index (χ4v) is 4.93. The second-order valence-electron chi connectivity index (χ2n) is 9.10. The van der Waals surface area contributed by atoms with E-state index in [9.17, 15) is 4.39 Å². The number of aromatic nitrogens is 4. The highest BCUT2D eigenvalue weighted by molar-refractivity contribution is 6.06. The number of hydrogen-bond donors (Lipinski definition) is 0. The lowest BCUT2D eigenvalue weighted by Crippen LogP contribution is -1.99. The standard InChI is InChI=1S/C33H21FN4/c34-25-19-17-23(18-20-25)22-13-15-24(16-14-22)27-7-3-8-28(36-27)29-9-4-12-32(37-29)38-30-10-2-1-6-26(30)33-31(38)11-5-21-35-33/h1-21H. The van der Waals surface area contributed by atoms with Crippen LogP contribution in [0.4, 0.5) is 4.39 Å². The van der Waals surface area contributed by atoms with Crippen molar-refractivity contribution >= 4 is 21.9 Å². The van der Waals surface area contributed by atoms with Crippen LogP contribution >= 0.6 is 0 Å². The van der Waals surface area contributed by atoms with Gasteiger partial charge >= 0.3 is 0 Å². The third-order valence-electron chi connectivity index (χ3n) is 6.76. The van der Waals surface area contributed by atoms with E-state index < -0.39 is 0 Å². The summed E-state index contributed by atoms with van der Waals surface area (Å²) in [5.41, 5.74) is 8.49. The summed E-state index contributed by atoms with van der Waals surface area (Å²) in [7, 11) is 0. The van der Waals surface area contributed by atoms with Crippen LogP contribution in [0.5, 0.6) is 0 Å². The fraction of sp³-hybridized carbons (Fsp3) is 0. The van der Waals surface area contributed by atoms with E-state index in [0.29, 0.717) is 0 Å². The summed E-state index contributed by atoms with van der Waals surface area (Å²) in [5.74, 6) is 0.580. The molecule has 0 saturated heterocycles. The van der Waals surface area contributed by atoms with Crippen molar-refractivity contribution in [3.63, 3.8) is 0 Å². The maximum Gasteiger partial charge on any atom is 0.138 e. The van der Waals surface area contributed by atoms with Gasteiger partial charge in [0.2, 0.25) is 0 Å². The molecule has 0 aliphatic rings. The molecular weight excluding hydrogens is 471 g/mol. The van der Waals surface area contributed by atoms with E-state index >= 15 is 0 Å². The molecule has 0 spiro atoms. The molecule has 5 heteroatoms. The summed E-state index contributed by atoms with van der Waals surface area (Å²) in [4.78, 5) is 14.6. The molecule has 0 amide bonds. The Kier molecular flexibility index (Phi) is 5.26. The van der Waals surface area contributed by atoms with E-state index in [4.69, 9.17) is 9.97 Å². The van der Waals surface area contributed by atoms with Crippen molar-refractivity contribution in [2.75, 3.05) is 0 Å². The van der Waals surface area contributed by atoms with Crippen molar-refractivity contribution in [1.82, 2.24) is 19.5 Å². The van der Waals surface area contributed by atoms with Gasteiger partial charge in [-0.1, -0.05) is 66.7 Å². The molecule has 0 fully saturated rings. The van der Waals surface area contributed by atoms with Crippen molar-refractivity contribution in [1.29, 1.82) is 0 Å². The number of pyridine rings is 3. The van der Waals surface area contributed by atoms with E-state index in [1.54, 1.807) is 12.1 Å². The van der Waals surface area contributed by atoms with Crippen LogP contribution in [0.15, 0.2) is 128 Å². The van der Waals surface area contributed by atoms with Crippen LogP contribution in [-0.4, -0.2) is 19.5 Å². The van der Waals surface area contributed by atoms with Gasteiger partial charge in [0.15, 0.2) is 0 Å². The van der Waals surface area contributed by atoms with Gasteiger partial charge in [-0.25, -0.2) is 14.4 Å². The minimum Gasteiger partial charge on any atom is -0.292 e. The van der Waals surface area contributed by atoms with Crippen LogP contribution in [-0.2, 0) is 0 Å². The molecular formula is C33H21FN4. The van der Waals surface area contributed by atoms with Crippen molar-refractivity contribution in [2.45, 2.75) is 0 Å². The quantitative estimate of drug-likeness (QED) is 0.249. The summed E-state index contributed by atoms with van der Waals surface area (Å²) in [6, 6.07) is 39.0. The zero-order chi connectivity index (χ0) is 25.5. The van der Waals surface area contributed by atoms with E-state index in [0.717, 1.165) is 61.5 Å². The molecule has 180 valence electrons. The average molecular weight is 493 g/mol. The highest BCUT2D eigenvalue weighted by Gasteiger charge is 2.14. The molecule has 7 aromatic rings. The maximum atomic E-state index is 13.3. The number of para-hydroxylation sites is 1. The Morgan fingerprint density at radius 2 is 1.13 bits per heavy atom. The Bertz CT molecular complexity index is 1870. The molecule has 0 aliphatic carbocycles. The lowest BCUT2D eigenvalue weighted by atomic mass is 10.0. The van der Waals surface area contributed by atoms with Crippen LogP contribution in [0.3, 0.4) is 0 Å². The lowest BCUT2D eigenvalue weighted by molar-refractivity contribution is 0.628. The van der Waals surface area contributed by atoms with E-state index in [2.05, 4.69) is 27.8 Å². The zero-order valence-corrected chi connectivity index (χ0v) is 20.3. The van der Waals surface area contributed by atoms with E-state index in [-0.39, 0.29) is 5.82 Å². The second kappa shape index (κ2) is 9.05. The third kappa shape index (κ3) is 3.82. The molecule has 4 heterocycles. The average Bonchev–Trinajstić information content (AvgIpc) is 3.32. The number of fused-ring (bicyclic) bond motifs is 3. The molecule has 4 nitrogen and oxygen atoms in total. The SMILES string of the molecule is Fc1ccc(-c2ccc(-c3cccc(-c4cccc(-n5c6ccccc6c6ncccc65)n4)n3)cc2)cc1. The second-order valence-corrected chi connectivity index (χ2v) is 9.10. The highest BCUT2D eigenvalue weighted by Crippen LogP contribution is 2.31. The minimum atomic E-state index is -0.237. The number of hydrogen-bond acceptors (Lipinski definition) is 3. The van der Waals surface area contributed by atoms with Crippen LogP contribution in [0, 0.1) is 5.82 Å². The molecule has 3 aromatic carbocycles. The van der Waals surface area contributed by atoms with Gasteiger partial charge in [-0.2, -0.15) is 0 Å². The molecule has 0 atom stereocenters. The monoisotopic (exact) mass is 492 g/mol. The predicted molar refractivity (Wildman–Crippen MR) is 150 cm³/mol. The van der Waals surface area contributed by atoms with Crippen molar-refractivity contribution < 1.29 is 4.39 Å². The first kappa shape index (κ1) is 22.1. The molecule has 7 rings (SSSR count). The fourth-order valence-electron chi connectivity index (χ4n) is 4.93. The number of rotatable bonds is 4. The van der Waals surface area contributed by atoms with Crippen LogP contribution in [0.25, 0.3) is 61.5 Å². The van der Waals surface area contributed by atoms with E-state index in [1.807, 2.05) is 85.1 Å². The smallest absolute Gasteiger partial charge is 0.138 e. The van der Waals surface area contributed by atoms with Crippen molar-refractivity contribution in [3.8, 4) is 39.6 Å². The maximum absolute atomic E-state index is 13.3. The van der Waals surface area contributed by atoms with Crippen LogP contribution in [0.2, 0.25) is 0 Å². The molecule has 0 aliphatic heterocycles. The van der Waals surface area contributed by atoms with Gasteiger partial charge in [0.25, 0.3) is 0 Å². The predicted octanol–water partition coefficient (Wildman–Crippen LogP) is 8.11. The Morgan fingerprint density at radius 3 is 1.95 bits per heavy atom. The van der Waals surface area contributed by atoms with Crippen LogP contribution < -0.4 is 0 Å². The van der Waals surface area contributed by atoms with Gasteiger partial charge < -0.3 is 0 Å². The van der Waals surface area contributed by atoms with Crippen molar-refractivity contribution in [2.24, 2.45) is 0 Å². The normalized spacial score (nSPS) is 11.3. The summed E-state index contributed by atoms with van der Waals surface area (Å²) in [6.45, 7) is 0. The topological polar surface area (TPSA) is 43.6 Å². The Labute approximate surface area is 218 Å². The van der Waals surface area contributed by atoms with Gasteiger partial charge in [-0.05, 0) is 65.7 Å². The summed E-state index contributed by atoms with van der Waals surface area (Å²) in [5, 5.41) is 1.10.